The van der Waals surface area contributed by atoms with Crippen LogP contribution in [0.1, 0.15) is 43.2 Å². The quantitative estimate of drug-likeness (QED) is 0.166. The summed E-state index contributed by atoms with van der Waals surface area (Å²) >= 11 is 0. The predicted octanol–water partition coefficient (Wildman–Crippen LogP) is 4.07. The van der Waals surface area contributed by atoms with E-state index in [1.54, 1.807) is 12.6 Å². The van der Waals surface area contributed by atoms with Crippen LogP contribution in [0.3, 0.4) is 0 Å². The number of anilines is 1. The molecule has 8 heteroatoms. The summed E-state index contributed by atoms with van der Waals surface area (Å²) in [6, 6.07) is 11.5. The molecule has 1 heterocycles. The average molecular weight is 449 g/mol. The number of amides is 1. The Labute approximate surface area is 193 Å². The van der Waals surface area contributed by atoms with E-state index in [2.05, 4.69) is 21.2 Å². The SMILES string of the molecule is C#Cc1cccc(CNc2ncnc3cc(OC)c(OCCCCCCC(=O)NO)cc23)c1. The summed E-state index contributed by atoms with van der Waals surface area (Å²) in [5, 5.41) is 12.7. The number of fused-ring (bicyclic) bond motifs is 1. The number of carbonyl (C=O) groups is 1. The molecule has 3 rings (SSSR count). The molecule has 172 valence electrons. The lowest BCUT2D eigenvalue weighted by Crippen LogP contribution is -2.17. The summed E-state index contributed by atoms with van der Waals surface area (Å²) in [6.07, 6.45) is 10.7. The van der Waals surface area contributed by atoms with Crippen molar-refractivity contribution in [2.24, 2.45) is 0 Å². The first-order chi connectivity index (χ1) is 16.1. The van der Waals surface area contributed by atoms with Gasteiger partial charge in [0.05, 0.1) is 19.2 Å². The first-order valence-electron chi connectivity index (χ1n) is 10.8. The number of hydroxylamine groups is 1. The Morgan fingerprint density at radius 2 is 1.97 bits per heavy atom. The van der Waals surface area contributed by atoms with Crippen LogP contribution >= 0.6 is 0 Å². The van der Waals surface area contributed by atoms with Gasteiger partial charge in [0.15, 0.2) is 11.5 Å². The Kier molecular flexibility index (Phi) is 8.86. The first-order valence-corrected chi connectivity index (χ1v) is 10.8. The van der Waals surface area contributed by atoms with Crippen molar-refractivity contribution in [3.8, 4) is 23.8 Å². The Morgan fingerprint density at radius 3 is 2.76 bits per heavy atom. The summed E-state index contributed by atoms with van der Waals surface area (Å²) in [4.78, 5) is 19.8. The summed E-state index contributed by atoms with van der Waals surface area (Å²) < 4.78 is 11.5. The average Bonchev–Trinajstić information content (AvgIpc) is 2.86. The van der Waals surface area contributed by atoms with Gasteiger partial charge in [-0.15, -0.1) is 6.42 Å². The zero-order valence-corrected chi connectivity index (χ0v) is 18.6. The largest absolute Gasteiger partial charge is 0.493 e. The van der Waals surface area contributed by atoms with Gasteiger partial charge in [-0.3, -0.25) is 10.0 Å². The number of rotatable bonds is 12. The summed E-state index contributed by atoms with van der Waals surface area (Å²) in [6.45, 7) is 1.08. The maximum atomic E-state index is 11.0. The fourth-order valence-electron chi connectivity index (χ4n) is 3.41. The van der Waals surface area contributed by atoms with Gasteiger partial charge in [0.2, 0.25) is 5.91 Å². The third kappa shape index (κ3) is 6.82. The number of nitrogens with one attached hydrogen (secondary N) is 2. The van der Waals surface area contributed by atoms with Gasteiger partial charge in [0.25, 0.3) is 0 Å². The third-order valence-corrected chi connectivity index (χ3v) is 5.15. The number of aromatic nitrogens is 2. The van der Waals surface area contributed by atoms with Crippen molar-refractivity contribution < 1.29 is 19.5 Å². The van der Waals surface area contributed by atoms with E-state index < -0.39 is 0 Å². The third-order valence-electron chi connectivity index (χ3n) is 5.15. The molecule has 2 aromatic carbocycles. The van der Waals surface area contributed by atoms with Gasteiger partial charge in [0.1, 0.15) is 12.1 Å². The topological polar surface area (TPSA) is 106 Å². The molecule has 0 atom stereocenters. The fraction of sp³-hybridized carbons (Fsp3) is 0.320. The van der Waals surface area contributed by atoms with Crippen molar-refractivity contribution in [2.45, 2.75) is 38.6 Å². The van der Waals surface area contributed by atoms with Crippen LogP contribution in [0.4, 0.5) is 5.82 Å². The van der Waals surface area contributed by atoms with Gasteiger partial charge in [-0.1, -0.05) is 30.9 Å². The van der Waals surface area contributed by atoms with Crippen LogP contribution in [0.25, 0.3) is 10.9 Å². The van der Waals surface area contributed by atoms with E-state index >= 15 is 0 Å². The van der Waals surface area contributed by atoms with Crippen molar-refractivity contribution in [2.75, 3.05) is 19.0 Å². The number of ether oxygens (including phenoxy) is 2. The van der Waals surface area contributed by atoms with Gasteiger partial charge >= 0.3 is 0 Å². The highest BCUT2D eigenvalue weighted by molar-refractivity contribution is 5.91. The molecule has 0 saturated heterocycles. The van der Waals surface area contributed by atoms with Gasteiger partial charge in [-0.25, -0.2) is 15.4 Å². The molecule has 0 aliphatic carbocycles. The number of benzene rings is 2. The lowest BCUT2D eigenvalue weighted by molar-refractivity contribution is -0.129. The summed E-state index contributed by atoms with van der Waals surface area (Å²) in [5.41, 5.74) is 4.28. The normalized spacial score (nSPS) is 10.5. The minimum atomic E-state index is -0.359. The number of unbranched alkanes of at least 4 members (excludes halogenated alkanes) is 3. The zero-order chi connectivity index (χ0) is 23.5. The molecule has 8 nitrogen and oxygen atoms in total. The Morgan fingerprint density at radius 1 is 1.12 bits per heavy atom. The molecule has 1 amide bonds. The molecule has 0 bridgehead atoms. The van der Waals surface area contributed by atoms with Crippen LogP contribution in [0, 0.1) is 12.3 Å². The molecule has 0 unspecified atom stereocenters. The van der Waals surface area contributed by atoms with Gasteiger partial charge in [-0.2, -0.15) is 0 Å². The van der Waals surface area contributed by atoms with Crippen LogP contribution in [0.5, 0.6) is 11.5 Å². The molecule has 0 aliphatic rings. The van der Waals surface area contributed by atoms with E-state index in [0.717, 1.165) is 47.7 Å². The maximum Gasteiger partial charge on any atom is 0.243 e. The highest BCUT2D eigenvalue weighted by Crippen LogP contribution is 2.34. The van der Waals surface area contributed by atoms with Gasteiger partial charge in [0, 0.05) is 30.0 Å². The number of nitrogens with zero attached hydrogens (tertiary/aromatic N) is 2. The van der Waals surface area contributed by atoms with E-state index in [9.17, 15) is 4.79 Å². The van der Waals surface area contributed by atoms with Crippen molar-refractivity contribution in [3.63, 3.8) is 0 Å². The highest BCUT2D eigenvalue weighted by Gasteiger charge is 2.12. The van der Waals surface area contributed by atoms with E-state index in [-0.39, 0.29) is 5.91 Å². The van der Waals surface area contributed by atoms with E-state index in [1.165, 1.54) is 6.33 Å². The number of terminal acetylenes is 1. The van der Waals surface area contributed by atoms with Crippen LogP contribution in [0.2, 0.25) is 0 Å². The van der Waals surface area contributed by atoms with Crippen LogP contribution in [-0.4, -0.2) is 34.8 Å². The summed E-state index contributed by atoms with van der Waals surface area (Å²) in [5.74, 6) is 4.21. The lowest BCUT2D eigenvalue weighted by atomic mass is 10.1. The molecule has 3 N–H and O–H groups in total. The van der Waals surface area contributed by atoms with Crippen LogP contribution < -0.4 is 20.3 Å². The second-order valence-corrected chi connectivity index (χ2v) is 7.49. The van der Waals surface area contributed by atoms with E-state index in [4.69, 9.17) is 21.1 Å². The highest BCUT2D eigenvalue weighted by atomic mass is 16.5. The molecule has 0 saturated carbocycles. The van der Waals surface area contributed by atoms with Gasteiger partial charge < -0.3 is 14.8 Å². The molecule has 33 heavy (non-hydrogen) atoms. The lowest BCUT2D eigenvalue weighted by Gasteiger charge is -2.14. The second kappa shape index (κ2) is 12.3. The Bertz CT molecular complexity index is 1130. The number of hydrogen-bond acceptors (Lipinski definition) is 7. The summed E-state index contributed by atoms with van der Waals surface area (Å²) in [7, 11) is 1.60. The van der Waals surface area contributed by atoms with Crippen molar-refractivity contribution in [1.29, 1.82) is 0 Å². The molecular formula is C25H28N4O4. The predicted molar refractivity (Wildman–Crippen MR) is 126 cm³/mol. The molecular weight excluding hydrogens is 420 g/mol. The number of methoxy groups -OCH3 is 1. The molecule has 0 radical (unpaired) electrons. The molecule has 0 aliphatic heterocycles. The molecule has 0 fully saturated rings. The molecule has 1 aromatic heterocycles. The molecule has 3 aromatic rings. The monoisotopic (exact) mass is 448 g/mol. The standard InChI is InChI=1S/C25H28N4O4/c1-3-18-9-8-10-19(13-18)16-26-25-20-14-23(22(32-2)15-21(20)27-17-28-25)33-12-7-5-4-6-11-24(30)29-31/h1,8-10,13-15,17,31H,4-7,11-12,16H2,2H3,(H,29,30)(H,26,27,28). The Balaban J connectivity index is 1.64. The Hall–Kier alpha value is -3.83. The number of carbonyl (C=O) groups excluding carboxylic acids is 1. The first kappa shape index (κ1) is 23.8. The van der Waals surface area contributed by atoms with E-state index in [0.29, 0.717) is 36.9 Å². The van der Waals surface area contributed by atoms with Crippen molar-refractivity contribution in [1.82, 2.24) is 15.4 Å². The smallest absolute Gasteiger partial charge is 0.243 e. The van der Waals surface area contributed by atoms with Crippen molar-refractivity contribution in [3.05, 3.63) is 53.9 Å². The van der Waals surface area contributed by atoms with Crippen LogP contribution in [-0.2, 0) is 11.3 Å². The number of hydrogen-bond donors (Lipinski definition) is 3. The molecule has 0 spiro atoms. The van der Waals surface area contributed by atoms with E-state index in [1.807, 2.05) is 36.4 Å². The zero-order valence-electron chi connectivity index (χ0n) is 18.6. The second-order valence-electron chi connectivity index (χ2n) is 7.49. The van der Waals surface area contributed by atoms with Crippen LogP contribution in [0.15, 0.2) is 42.7 Å². The fourth-order valence-corrected chi connectivity index (χ4v) is 3.41. The minimum Gasteiger partial charge on any atom is -0.493 e. The minimum absolute atomic E-state index is 0.318. The maximum absolute atomic E-state index is 11.0. The van der Waals surface area contributed by atoms with Gasteiger partial charge in [-0.05, 0) is 36.6 Å². The van der Waals surface area contributed by atoms with Crippen molar-refractivity contribution >= 4 is 22.6 Å².